The Labute approximate surface area is 124 Å². The van der Waals surface area contributed by atoms with Gasteiger partial charge in [0, 0.05) is 16.1 Å². The number of nitrogens with zero attached hydrogens (tertiary/aromatic N) is 2. The fraction of sp³-hybridized carbons (Fsp3) is 0.231. The summed E-state index contributed by atoms with van der Waals surface area (Å²) in [6.07, 6.45) is 1.80. The molecule has 1 saturated heterocycles. The second-order valence-corrected chi connectivity index (χ2v) is 6.95. The number of anilines is 1. The Balaban J connectivity index is 1.99. The van der Waals surface area contributed by atoms with Gasteiger partial charge in [-0.25, -0.2) is 4.98 Å². The van der Waals surface area contributed by atoms with Crippen LogP contribution in [0.5, 0.6) is 0 Å². The summed E-state index contributed by atoms with van der Waals surface area (Å²) in [6.45, 7) is 1.99. The lowest BCUT2D eigenvalue weighted by atomic mass is 10.2. The maximum atomic E-state index is 12.1. The molecule has 0 radical (unpaired) electrons. The molecule has 3 nitrogen and oxygen atoms in total. The van der Waals surface area contributed by atoms with Gasteiger partial charge in [0.25, 0.3) is 0 Å². The SMILES string of the molecule is Cc1cnc(N2C(=O)CSC2c2cccc(Cl)c2)s1. The smallest absolute Gasteiger partial charge is 0.240 e. The van der Waals surface area contributed by atoms with Crippen molar-refractivity contribution in [3.8, 4) is 0 Å². The first-order valence-electron chi connectivity index (χ1n) is 5.77. The third-order valence-electron chi connectivity index (χ3n) is 2.82. The minimum atomic E-state index is -0.0308. The summed E-state index contributed by atoms with van der Waals surface area (Å²) in [5, 5.41) is 1.42. The van der Waals surface area contributed by atoms with E-state index in [4.69, 9.17) is 11.6 Å². The van der Waals surface area contributed by atoms with E-state index in [2.05, 4.69) is 4.98 Å². The van der Waals surface area contributed by atoms with Gasteiger partial charge in [-0.15, -0.1) is 23.1 Å². The zero-order chi connectivity index (χ0) is 13.4. The molecule has 2 aromatic rings. The highest BCUT2D eigenvalue weighted by Gasteiger charge is 2.35. The number of thioether (sulfide) groups is 1. The van der Waals surface area contributed by atoms with Crippen molar-refractivity contribution in [1.82, 2.24) is 4.98 Å². The average Bonchev–Trinajstić information content (AvgIpc) is 2.95. The van der Waals surface area contributed by atoms with E-state index < -0.39 is 0 Å². The van der Waals surface area contributed by atoms with Crippen molar-refractivity contribution in [3.63, 3.8) is 0 Å². The molecule has 0 N–H and O–H groups in total. The molecule has 1 aromatic heterocycles. The van der Waals surface area contributed by atoms with Crippen LogP contribution in [0.1, 0.15) is 15.8 Å². The number of aromatic nitrogens is 1. The summed E-state index contributed by atoms with van der Waals surface area (Å²) >= 11 is 9.18. The van der Waals surface area contributed by atoms with Crippen LogP contribution in [-0.4, -0.2) is 16.6 Å². The zero-order valence-corrected chi connectivity index (χ0v) is 12.6. The maximum absolute atomic E-state index is 12.1. The van der Waals surface area contributed by atoms with Gasteiger partial charge in [0.05, 0.1) is 5.75 Å². The molecule has 1 aliphatic rings. The van der Waals surface area contributed by atoms with Crippen LogP contribution in [0.4, 0.5) is 5.13 Å². The maximum Gasteiger partial charge on any atom is 0.240 e. The van der Waals surface area contributed by atoms with Gasteiger partial charge >= 0.3 is 0 Å². The van der Waals surface area contributed by atoms with Gasteiger partial charge < -0.3 is 0 Å². The Bertz CT molecular complexity index is 629. The minimum Gasteiger partial charge on any atom is -0.273 e. The molecule has 19 heavy (non-hydrogen) atoms. The van der Waals surface area contributed by atoms with Gasteiger partial charge in [-0.2, -0.15) is 0 Å². The number of hydrogen-bond acceptors (Lipinski definition) is 4. The van der Waals surface area contributed by atoms with Crippen molar-refractivity contribution in [1.29, 1.82) is 0 Å². The van der Waals surface area contributed by atoms with E-state index in [-0.39, 0.29) is 11.3 Å². The van der Waals surface area contributed by atoms with Crippen LogP contribution < -0.4 is 4.90 Å². The van der Waals surface area contributed by atoms with Gasteiger partial charge in [-0.05, 0) is 24.6 Å². The largest absolute Gasteiger partial charge is 0.273 e. The topological polar surface area (TPSA) is 33.2 Å². The number of benzene rings is 1. The van der Waals surface area contributed by atoms with E-state index >= 15 is 0 Å². The Kier molecular flexibility index (Phi) is 3.52. The fourth-order valence-electron chi connectivity index (χ4n) is 1.99. The quantitative estimate of drug-likeness (QED) is 0.844. The van der Waals surface area contributed by atoms with E-state index in [9.17, 15) is 4.79 Å². The molecule has 6 heteroatoms. The number of rotatable bonds is 2. The molecule has 0 bridgehead atoms. The highest BCUT2D eigenvalue weighted by Crippen LogP contribution is 2.43. The number of carbonyl (C=O) groups excluding carboxylic acids is 1. The molecule has 1 amide bonds. The molecular formula is C13H11ClN2OS2. The lowest BCUT2D eigenvalue weighted by Crippen LogP contribution is -2.27. The molecule has 1 atom stereocenters. The first-order chi connectivity index (χ1) is 9.15. The standard InChI is InChI=1S/C13H11ClN2OS2/c1-8-6-15-13(19-8)16-11(17)7-18-12(16)9-3-2-4-10(14)5-9/h2-6,12H,7H2,1H3. The van der Waals surface area contributed by atoms with Crippen molar-refractivity contribution < 1.29 is 4.79 Å². The third kappa shape index (κ3) is 2.50. The molecule has 0 spiro atoms. The monoisotopic (exact) mass is 310 g/mol. The zero-order valence-electron chi connectivity index (χ0n) is 10.2. The predicted molar refractivity (Wildman–Crippen MR) is 81.0 cm³/mol. The average molecular weight is 311 g/mol. The highest BCUT2D eigenvalue weighted by molar-refractivity contribution is 8.00. The summed E-state index contributed by atoms with van der Waals surface area (Å²) in [5.74, 6) is 0.583. The molecule has 1 fully saturated rings. The molecular weight excluding hydrogens is 300 g/mol. The van der Waals surface area contributed by atoms with Gasteiger partial charge in [0.1, 0.15) is 5.37 Å². The number of thiazole rings is 1. The molecule has 1 aliphatic heterocycles. The molecule has 0 aliphatic carbocycles. The summed E-state index contributed by atoms with van der Waals surface area (Å²) < 4.78 is 0. The van der Waals surface area contributed by atoms with Crippen molar-refractivity contribution >= 4 is 45.7 Å². The predicted octanol–water partition coefficient (Wildman–Crippen LogP) is 3.88. The molecule has 1 unspecified atom stereocenters. The normalized spacial score (nSPS) is 19.2. The van der Waals surface area contributed by atoms with Gasteiger partial charge in [0.15, 0.2) is 5.13 Å². The van der Waals surface area contributed by atoms with Gasteiger partial charge in [-0.3, -0.25) is 9.69 Å². The summed E-state index contributed by atoms with van der Waals surface area (Å²) in [5.41, 5.74) is 1.04. The highest BCUT2D eigenvalue weighted by atomic mass is 35.5. The van der Waals surface area contributed by atoms with Crippen LogP contribution in [0.3, 0.4) is 0 Å². The Hall–Kier alpha value is -1.04. The number of halogens is 1. The second kappa shape index (κ2) is 5.15. The van der Waals surface area contributed by atoms with E-state index in [1.165, 1.54) is 11.3 Å². The summed E-state index contributed by atoms with van der Waals surface area (Å²) in [6, 6.07) is 7.65. The minimum absolute atomic E-state index is 0.0308. The van der Waals surface area contributed by atoms with Crippen LogP contribution in [0.25, 0.3) is 0 Å². The van der Waals surface area contributed by atoms with Crippen LogP contribution in [0.2, 0.25) is 5.02 Å². The Morgan fingerprint density at radius 2 is 2.32 bits per heavy atom. The Morgan fingerprint density at radius 3 is 3.00 bits per heavy atom. The lowest BCUT2D eigenvalue weighted by molar-refractivity contribution is -0.115. The third-order valence-corrected chi connectivity index (χ3v) is 5.18. The van der Waals surface area contributed by atoms with Gasteiger partial charge in [0.2, 0.25) is 5.91 Å². The number of amides is 1. The van der Waals surface area contributed by atoms with Crippen LogP contribution in [-0.2, 0) is 4.79 Å². The van der Waals surface area contributed by atoms with Crippen molar-refractivity contribution in [2.24, 2.45) is 0 Å². The van der Waals surface area contributed by atoms with E-state index in [1.807, 2.05) is 31.2 Å². The number of hydrogen-bond donors (Lipinski definition) is 0. The van der Waals surface area contributed by atoms with Crippen LogP contribution in [0, 0.1) is 6.92 Å². The summed E-state index contributed by atoms with van der Waals surface area (Å²) in [4.78, 5) is 19.3. The van der Waals surface area contributed by atoms with Crippen LogP contribution >= 0.6 is 34.7 Å². The first-order valence-corrected chi connectivity index (χ1v) is 8.01. The Morgan fingerprint density at radius 1 is 1.47 bits per heavy atom. The number of carbonyl (C=O) groups is 1. The number of aryl methyl sites for hydroxylation is 1. The molecule has 1 aromatic carbocycles. The van der Waals surface area contributed by atoms with Crippen LogP contribution in [0.15, 0.2) is 30.5 Å². The summed E-state index contributed by atoms with van der Waals surface area (Å²) in [7, 11) is 0. The second-order valence-electron chi connectivity index (χ2n) is 4.24. The first kappa shape index (κ1) is 13.0. The molecule has 3 rings (SSSR count). The molecule has 2 heterocycles. The molecule has 0 saturated carbocycles. The van der Waals surface area contributed by atoms with Gasteiger partial charge in [-0.1, -0.05) is 23.7 Å². The van der Waals surface area contributed by atoms with E-state index in [0.29, 0.717) is 10.8 Å². The van der Waals surface area contributed by atoms with E-state index in [0.717, 1.165) is 15.6 Å². The van der Waals surface area contributed by atoms with Crippen molar-refractivity contribution in [3.05, 3.63) is 45.9 Å². The van der Waals surface area contributed by atoms with Crippen molar-refractivity contribution in [2.75, 3.05) is 10.7 Å². The van der Waals surface area contributed by atoms with Crippen molar-refractivity contribution in [2.45, 2.75) is 12.3 Å². The fourth-order valence-corrected chi connectivity index (χ4v) is 4.21. The van der Waals surface area contributed by atoms with E-state index in [1.54, 1.807) is 22.9 Å². The molecule has 98 valence electrons. The lowest BCUT2D eigenvalue weighted by Gasteiger charge is -2.21.